The molecule has 0 aromatic heterocycles. The second kappa shape index (κ2) is 6.96. The van der Waals surface area contributed by atoms with Crippen molar-refractivity contribution < 1.29 is 28.9 Å². The number of carbonyl (C=O) groups excluding carboxylic acids is 2. The molecule has 122 valence electrons. The van der Waals surface area contributed by atoms with Crippen molar-refractivity contribution in [1.82, 2.24) is 0 Å². The van der Waals surface area contributed by atoms with Crippen molar-refractivity contribution in [3.63, 3.8) is 0 Å². The van der Waals surface area contributed by atoms with Crippen LogP contribution in [0.2, 0.25) is 0 Å². The molecule has 2 aromatic rings. The third-order valence-corrected chi connectivity index (χ3v) is 2.64. The molecule has 0 atom stereocenters. The van der Waals surface area contributed by atoms with Crippen molar-refractivity contribution in [1.29, 1.82) is 0 Å². The topological polar surface area (TPSA) is 139 Å². The van der Waals surface area contributed by atoms with Gasteiger partial charge in [-0.3, -0.25) is 20.2 Å². The molecule has 10 heteroatoms. The Balaban J connectivity index is 2.06. The van der Waals surface area contributed by atoms with Crippen LogP contribution >= 0.6 is 0 Å². The summed E-state index contributed by atoms with van der Waals surface area (Å²) in [4.78, 5) is 43.1. The van der Waals surface area contributed by atoms with Gasteiger partial charge in [-0.2, -0.15) is 0 Å². The smallest absolute Gasteiger partial charge is 0.418 e. The molecular formula is C14H8N2O8. The summed E-state index contributed by atoms with van der Waals surface area (Å²) in [5.41, 5.74) is -0.653. The number of hydrogen-bond acceptors (Lipinski definition) is 8. The monoisotopic (exact) mass is 332 g/mol. The van der Waals surface area contributed by atoms with Crippen molar-refractivity contribution >= 4 is 23.3 Å². The molecule has 0 aliphatic heterocycles. The number of ether oxygens (including phenoxy) is 2. The molecule has 0 saturated carbocycles. The highest BCUT2D eigenvalue weighted by molar-refractivity contribution is 6.31. The van der Waals surface area contributed by atoms with E-state index >= 15 is 0 Å². The van der Waals surface area contributed by atoms with Crippen molar-refractivity contribution in [2.24, 2.45) is 0 Å². The summed E-state index contributed by atoms with van der Waals surface area (Å²) < 4.78 is 9.33. The predicted octanol–water partition coefficient (Wildman–Crippen LogP) is 2.01. The lowest BCUT2D eigenvalue weighted by Crippen LogP contribution is -2.25. The van der Waals surface area contributed by atoms with Crippen LogP contribution in [0.4, 0.5) is 11.4 Å². The molecule has 0 heterocycles. The van der Waals surface area contributed by atoms with Gasteiger partial charge in [-0.25, -0.2) is 9.59 Å². The van der Waals surface area contributed by atoms with E-state index in [4.69, 9.17) is 0 Å². The van der Waals surface area contributed by atoms with Gasteiger partial charge in [-0.05, 0) is 12.1 Å². The molecule has 10 nitrogen and oxygen atoms in total. The first-order valence-corrected chi connectivity index (χ1v) is 6.29. The summed E-state index contributed by atoms with van der Waals surface area (Å²) in [5, 5.41) is 21.2. The number of carbonyl (C=O) groups is 2. The van der Waals surface area contributed by atoms with Gasteiger partial charge in [-0.15, -0.1) is 0 Å². The summed E-state index contributed by atoms with van der Waals surface area (Å²) >= 11 is 0. The van der Waals surface area contributed by atoms with Crippen LogP contribution in [-0.2, 0) is 9.59 Å². The van der Waals surface area contributed by atoms with E-state index in [1.54, 1.807) is 0 Å². The third-order valence-electron chi connectivity index (χ3n) is 2.64. The fraction of sp³-hybridized carbons (Fsp3) is 0. The number of nitrogens with zero attached hydrogens (tertiary/aromatic N) is 2. The average molecular weight is 332 g/mol. The summed E-state index contributed by atoms with van der Waals surface area (Å²) in [7, 11) is 0. The Morgan fingerprint density at radius 3 is 1.46 bits per heavy atom. The van der Waals surface area contributed by atoms with E-state index in [1.165, 1.54) is 36.4 Å². The Morgan fingerprint density at radius 1 is 0.750 bits per heavy atom. The first-order valence-electron chi connectivity index (χ1n) is 6.29. The fourth-order valence-electron chi connectivity index (χ4n) is 1.62. The molecule has 0 amide bonds. The Bertz CT molecular complexity index is 764. The number of esters is 2. The van der Waals surface area contributed by atoms with Gasteiger partial charge in [0.2, 0.25) is 0 Å². The van der Waals surface area contributed by atoms with Crippen LogP contribution < -0.4 is 9.47 Å². The normalized spacial score (nSPS) is 9.83. The molecule has 0 bridgehead atoms. The molecule has 2 rings (SSSR count). The van der Waals surface area contributed by atoms with Gasteiger partial charge >= 0.3 is 11.9 Å². The quantitative estimate of drug-likeness (QED) is 0.272. The van der Waals surface area contributed by atoms with E-state index in [0.717, 1.165) is 12.1 Å². The third kappa shape index (κ3) is 4.10. The van der Waals surface area contributed by atoms with Crippen LogP contribution in [0.5, 0.6) is 11.5 Å². The molecule has 0 fully saturated rings. The Kier molecular flexibility index (Phi) is 4.80. The predicted molar refractivity (Wildman–Crippen MR) is 77.5 cm³/mol. The van der Waals surface area contributed by atoms with Gasteiger partial charge in [0.15, 0.2) is 0 Å². The molecule has 0 aliphatic carbocycles. The SMILES string of the molecule is O=C(Oc1cccc([N+](=O)[O-])c1)C(=O)Oc1cccc([N+](=O)[O-])c1. The van der Waals surface area contributed by atoms with Crippen molar-refractivity contribution in [2.45, 2.75) is 0 Å². The highest BCUT2D eigenvalue weighted by atomic mass is 16.6. The second-order valence-corrected chi connectivity index (χ2v) is 4.29. The summed E-state index contributed by atoms with van der Waals surface area (Å²) in [6.45, 7) is 0. The average Bonchev–Trinajstić information content (AvgIpc) is 2.55. The molecule has 2 aromatic carbocycles. The maximum atomic E-state index is 11.6. The largest absolute Gasteiger partial charge is 0.423 e. The zero-order chi connectivity index (χ0) is 17.7. The minimum Gasteiger partial charge on any atom is -0.418 e. The van der Waals surface area contributed by atoms with Crippen LogP contribution in [0.25, 0.3) is 0 Å². The van der Waals surface area contributed by atoms with Gasteiger partial charge in [0, 0.05) is 12.1 Å². The molecule has 0 radical (unpaired) electrons. The number of hydrogen-bond donors (Lipinski definition) is 0. The number of nitro benzene ring substituents is 2. The molecule has 0 unspecified atom stereocenters. The molecule has 0 N–H and O–H groups in total. The van der Waals surface area contributed by atoms with Gasteiger partial charge in [-0.1, -0.05) is 12.1 Å². The lowest BCUT2D eigenvalue weighted by Gasteiger charge is -2.05. The zero-order valence-electron chi connectivity index (χ0n) is 11.8. The molecule has 0 aliphatic rings. The zero-order valence-corrected chi connectivity index (χ0v) is 11.8. The highest BCUT2D eigenvalue weighted by Gasteiger charge is 2.21. The van der Waals surface area contributed by atoms with Crippen molar-refractivity contribution in [3.05, 3.63) is 68.8 Å². The first kappa shape index (κ1) is 16.5. The summed E-state index contributed by atoms with van der Waals surface area (Å²) in [5.74, 6) is -3.29. The maximum Gasteiger partial charge on any atom is 0.423 e. The van der Waals surface area contributed by atoms with Gasteiger partial charge in [0.05, 0.1) is 22.0 Å². The highest BCUT2D eigenvalue weighted by Crippen LogP contribution is 2.21. The second-order valence-electron chi connectivity index (χ2n) is 4.29. The number of benzene rings is 2. The van der Waals surface area contributed by atoms with Crippen LogP contribution in [0.15, 0.2) is 48.5 Å². The fourth-order valence-corrected chi connectivity index (χ4v) is 1.62. The Morgan fingerprint density at radius 2 is 1.12 bits per heavy atom. The molecule has 24 heavy (non-hydrogen) atoms. The lowest BCUT2D eigenvalue weighted by molar-refractivity contribution is -0.385. The molecule has 0 spiro atoms. The van der Waals surface area contributed by atoms with E-state index in [1.807, 2.05) is 0 Å². The van der Waals surface area contributed by atoms with Crippen molar-refractivity contribution in [3.8, 4) is 11.5 Å². The standard InChI is InChI=1S/C14H8N2O8/c17-13(23-11-5-1-3-9(7-11)15(19)20)14(18)24-12-6-2-4-10(8-12)16(21)22/h1-8H. The van der Waals surface area contributed by atoms with E-state index in [0.29, 0.717) is 0 Å². The summed E-state index contributed by atoms with van der Waals surface area (Å²) in [6.07, 6.45) is 0. The van der Waals surface area contributed by atoms with E-state index in [9.17, 15) is 29.8 Å². The van der Waals surface area contributed by atoms with Gasteiger partial charge < -0.3 is 9.47 Å². The lowest BCUT2D eigenvalue weighted by atomic mass is 10.3. The molecule has 0 saturated heterocycles. The minimum absolute atomic E-state index is 0.217. The van der Waals surface area contributed by atoms with Crippen molar-refractivity contribution in [2.75, 3.05) is 0 Å². The van der Waals surface area contributed by atoms with Gasteiger partial charge in [0.25, 0.3) is 11.4 Å². The minimum atomic E-state index is -1.43. The van der Waals surface area contributed by atoms with E-state index < -0.39 is 21.8 Å². The number of nitro groups is 2. The van der Waals surface area contributed by atoms with Crippen LogP contribution in [0, 0.1) is 20.2 Å². The Labute approximate surface area is 133 Å². The first-order chi connectivity index (χ1) is 11.4. The molecular weight excluding hydrogens is 324 g/mol. The van der Waals surface area contributed by atoms with E-state index in [-0.39, 0.29) is 22.9 Å². The summed E-state index contributed by atoms with van der Waals surface area (Å²) in [6, 6.07) is 9.30. The number of rotatable bonds is 4. The Hall–Kier alpha value is -3.82. The number of non-ortho nitro benzene ring substituents is 2. The van der Waals surface area contributed by atoms with Crippen LogP contribution in [0.3, 0.4) is 0 Å². The van der Waals surface area contributed by atoms with E-state index in [2.05, 4.69) is 9.47 Å². The van der Waals surface area contributed by atoms with Gasteiger partial charge in [0.1, 0.15) is 11.5 Å². The van der Waals surface area contributed by atoms with Crippen LogP contribution in [0.1, 0.15) is 0 Å². The maximum absolute atomic E-state index is 11.6. The van der Waals surface area contributed by atoms with Crippen LogP contribution in [-0.4, -0.2) is 21.8 Å².